The van der Waals surface area contributed by atoms with Gasteiger partial charge in [-0.15, -0.1) is 0 Å². The van der Waals surface area contributed by atoms with Crippen LogP contribution in [0.25, 0.3) is 11.3 Å². The van der Waals surface area contributed by atoms with Crippen LogP contribution in [0.5, 0.6) is 0 Å². The maximum Gasteiger partial charge on any atom is 0.410 e. The first-order chi connectivity index (χ1) is 28.6. The summed E-state index contributed by atoms with van der Waals surface area (Å²) in [6, 6.07) is 2.53. The predicted molar refractivity (Wildman–Crippen MR) is 224 cm³/mol. The van der Waals surface area contributed by atoms with Gasteiger partial charge in [-0.1, -0.05) is 27.7 Å². The molecule has 0 saturated carbocycles. The number of cyclic esters (lactones) is 1. The van der Waals surface area contributed by atoms with Crippen molar-refractivity contribution in [1.29, 1.82) is 0 Å². The number of imidazole rings is 1. The zero-order valence-corrected chi connectivity index (χ0v) is 38.1. The number of ether oxygens (including phenoxy) is 5. The van der Waals surface area contributed by atoms with Gasteiger partial charge in [-0.25, -0.2) is 19.0 Å². The number of Topliss-reactive ketones (excluding diaryl/α,β-unsaturated/α-hetero) is 2. The molecule has 15 nitrogen and oxygen atoms in total. The Hall–Kier alpha value is -3.83. The second-order valence-corrected chi connectivity index (χ2v) is 18.6. The molecular weight excluding hydrogens is 790 g/mol. The quantitative estimate of drug-likeness (QED) is 0.198. The molecule has 3 aliphatic rings. The molecule has 3 fully saturated rings. The van der Waals surface area contributed by atoms with Crippen molar-refractivity contribution in [2.75, 3.05) is 27.7 Å². The fourth-order valence-corrected chi connectivity index (χ4v) is 9.61. The fraction of sp³-hybridized carbons (Fsp3) is 0.733. The summed E-state index contributed by atoms with van der Waals surface area (Å²) in [5.41, 5.74) is -4.91. The number of hydrogen-bond donors (Lipinski definition) is 1. The van der Waals surface area contributed by atoms with Gasteiger partial charge in [0, 0.05) is 67.6 Å². The summed E-state index contributed by atoms with van der Waals surface area (Å²) >= 11 is 0. The number of methoxy groups -OCH3 is 1. The number of aliphatic hydroxyl groups excluding tert-OH is 1. The molecule has 0 radical (unpaired) electrons. The lowest BCUT2D eigenvalue weighted by molar-refractivity contribution is -0.295. The SMILES string of the molecule is CC[C@H]1OC(=O)[C@@](C)(F)C(=O)[C@H](C)[C@@H](OC2O[C@H](C)C[C@H](N(C)C)[C@H]2O)[C@](C)(OC)C[C@@H](C)C(=O)C[C@H]2N(CCCC(C)(C)n3cnc(-c4cccnc4)c3)C(=O)O[C@]12CC. The van der Waals surface area contributed by atoms with E-state index in [-0.39, 0.29) is 50.2 Å². The molecule has 1 amide bonds. The molecule has 61 heavy (non-hydrogen) atoms. The number of aromatic nitrogens is 3. The van der Waals surface area contributed by atoms with Crippen molar-refractivity contribution in [1.82, 2.24) is 24.3 Å². The lowest BCUT2D eigenvalue weighted by atomic mass is 9.75. The molecule has 3 saturated heterocycles. The zero-order chi connectivity index (χ0) is 45.2. The maximum atomic E-state index is 17.0. The average molecular weight is 858 g/mol. The highest BCUT2D eigenvalue weighted by molar-refractivity contribution is 6.08. The number of carbonyl (C=O) groups excluding carboxylic acids is 4. The van der Waals surface area contributed by atoms with Crippen molar-refractivity contribution >= 4 is 23.6 Å². The third-order valence-corrected chi connectivity index (χ3v) is 13.6. The lowest BCUT2D eigenvalue weighted by Crippen LogP contribution is -2.61. The number of ketones is 2. The van der Waals surface area contributed by atoms with Crippen molar-refractivity contribution in [2.24, 2.45) is 11.8 Å². The number of likely N-dealkylation sites (N-methyl/N-ethyl adjacent to an activating group) is 1. The van der Waals surface area contributed by atoms with E-state index in [0.717, 1.165) is 18.2 Å². The molecule has 1 unspecified atom stereocenters. The van der Waals surface area contributed by atoms with Gasteiger partial charge in [-0.3, -0.25) is 14.6 Å². The summed E-state index contributed by atoms with van der Waals surface area (Å²) in [5.74, 6) is -4.90. The Kier molecular flexibility index (Phi) is 14.9. The van der Waals surface area contributed by atoms with E-state index in [2.05, 4.69) is 23.8 Å². The van der Waals surface area contributed by atoms with Gasteiger partial charge >= 0.3 is 12.1 Å². The van der Waals surface area contributed by atoms with Gasteiger partial charge in [0.25, 0.3) is 5.67 Å². The molecule has 12 atom stereocenters. The van der Waals surface area contributed by atoms with Crippen molar-refractivity contribution in [3.63, 3.8) is 0 Å². The van der Waals surface area contributed by atoms with Crippen LogP contribution in [0.1, 0.15) is 107 Å². The maximum absolute atomic E-state index is 17.0. The van der Waals surface area contributed by atoms with E-state index < -0.39 is 82.7 Å². The summed E-state index contributed by atoms with van der Waals surface area (Å²) in [5, 5.41) is 11.4. The van der Waals surface area contributed by atoms with E-state index in [1.807, 2.05) is 48.8 Å². The molecule has 0 aliphatic carbocycles. The molecule has 0 bridgehead atoms. The number of amides is 1. The van der Waals surface area contributed by atoms with Crippen LogP contribution in [0.4, 0.5) is 9.18 Å². The van der Waals surface area contributed by atoms with E-state index >= 15 is 4.39 Å². The van der Waals surface area contributed by atoms with Crippen LogP contribution in [0, 0.1) is 11.8 Å². The van der Waals surface area contributed by atoms with Gasteiger partial charge in [-0.05, 0) is 99.4 Å². The minimum absolute atomic E-state index is 0.00548. The van der Waals surface area contributed by atoms with Gasteiger partial charge in [0.2, 0.25) is 0 Å². The number of hydrogen-bond acceptors (Lipinski definition) is 13. The summed E-state index contributed by atoms with van der Waals surface area (Å²) in [6.45, 7) is 15.4. The van der Waals surface area contributed by atoms with Crippen molar-refractivity contribution in [3.8, 4) is 11.3 Å². The van der Waals surface area contributed by atoms with E-state index in [0.29, 0.717) is 19.3 Å². The molecule has 340 valence electrons. The van der Waals surface area contributed by atoms with Gasteiger partial charge in [-0.2, -0.15) is 0 Å². The number of esters is 1. The van der Waals surface area contributed by atoms with Gasteiger partial charge in [0.05, 0.1) is 35.9 Å². The van der Waals surface area contributed by atoms with E-state index in [1.165, 1.54) is 18.9 Å². The topological polar surface area (TPSA) is 172 Å². The normalized spacial score (nSPS) is 35.8. The molecule has 3 aliphatic heterocycles. The number of nitrogens with zero attached hydrogens (tertiary/aromatic N) is 5. The first-order valence-corrected chi connectivity index (χ1v) is 21.7. The third-order valence-electron chi connectivity index (χ3n) is 13.6. The minimum atomic E-state index is -3.18. The number of aliphatic hydroxyl groups is 1. The standard InChI is InChI=1S/C45H68FN5O10/c1-13-35-45(14-2)34(51(41(56)61-45)20-16-18-42(6,7)50-25-31(48-26-50)30-17-15-19-47-24-30)22-33(52)27(3)23-43(8,57-12)38(29(5)37(54)44(9,46)40(55)59-35)60-39-36(53)32(49(10)11)21-28(4)58-39/h15,17,19,24-29,32,34-36,38-39,53H,13-14,16,18,20-23H2,1-12H3/t27-,28-,29+,32+,34-,35-,36-,38-,39?,43-,44+,45+/m1/s1. The van der Waals surface area contributed by atoms with E-state index in [9.17, 15) is 24.3 Å². The molecule has 1 N–H and O–H groups in total. The monoisotopic (exact) mass is 857 g/mol. The molecule has 5 heterocycles. The third kappa shape index (κ3) is 9.73. The molecule has 5 rings (SSSR count). The Bertz CT molecular complexity index is 1860. The van der Waals surface area contributed by atoms with Crippen molar-refractivity contribution < 1.29 is 52.4 Å². The van der Waals surface area contributed by atoms with Crippen LogP contribution in [0.3, 0.4) is 0 Å². The fourth-order valence-electron chi connectivity index (χ4n) is 9.61. The Balaban J connectivity index is 1.48. The average Bonchev–Trinajstić information content (AvgIpc) is 3.83. The zero-order valence-electron chi connectivity index (χ0n) is 38.1. The second kappa shape index (κ2) is 18.9. The molecule has 16 heteroatoms. The number of fused-ring (bicyclic) bond motifs is 1. The van der Waals surface area contributed by atoms with E-state index in [1.54, 1.807) is 46.4 Å². The Labute approximate surface area is 360 Å². The summed E-state index contributed by atoms with van der Waals surface area (Å²) in [4.78, 5) is 69.1. The number of rotatable bonds is 12. The van der Waals surface area contributed by atoms with Crippen LogP contribution >= 0.6 is 0 Å². The summed E-state index contributed by atoms with van der Waals surface area (Å²) in [7, 11) is 5.06. The highest BCUT2D eigenvalue weighted by atomic mass is 19.1. The lowest BCUT2D eigenvalue weighted by Gasteiger charge is -2.47. The predicted octanol–water partition coefficient (Wildman–Crippen LogP) is 5.90. The number of carbonyl (C=O) groups is 4. The van der Waals surface area contributed by atoms with Crippen molar-refractivity contribution in [2.45, 2.75) is 172 Å². The first-order valence-electron chi connectivity index (χ1n) is 21.7. The van der Waals surface area contributed by atoms with Crippen LogP contribution < -0.4 is 0 Å². The van der Waals surface area contributed by atoms with Gasteiger partial charge in [0.15, 0.2) is 17.7 Å². The summed E-state index contributed by atoms with van der Waals surface area (Å²) in [6.07, 6.45) is 2.97. The number of halogens is 1. The highest BCUT2D eigenvalue weighted by Gasteiger charge is 2.61. The number of alkyl halides is 1. The number of pyridine rings is 1. The van der Waals surface area contributed by atoms with Crippen LogP contribution in [0.15, 0.2) is 37.1 Å². The van der Waals surface area contributed by atoms with Gasteiger partial charge in [0.1, 0.15) is 18.0 Å². The molecule has 2 aromatic rings. The first kappa shape index (κ1) is 48.2. The Morgan fingerprint density at radius 3 is 2.43 bits per heavy atom. The van der Waals surface area contributed by atoms with Crippen LogP contribution in [0.2, 0.25) is 0 Å². The molecular formula is C45H68FN5O10. The highest BCUT2D eigenvalue weighted by Crippen LogP contribution is 2.44. The smallest absolute Gasteiger partial charge is 0.410 e. The Morgan fingerprint density at radius 2 is 1.82 bits per heavy atom. The van der Waals surface area contributed by atoms with E-state index in [4.69, 9.17) is 23.7 Å². The molecule has 2 aromatic heterocycles. The van der Waals surface area contributed by atoms with Crippen LogP contribution in [-0.4, -0.2) is 140 Å². The summed E-state index contributed by atoms with van der Waals surface area (Å²) < 4.78 is 49.8. The molecule has 0 spiro atoms. The van der Waals surface area contributed by atoms with Crippen molar-refractivity contribution in [3.05, 3.63) is 37.1 Å². The van der Waals surface area contributed by atoms with Gasteiger partial charge < -0.3 is 43.2 Å². The minimum Gasteiger partial charge on any atom is -0.455 e. The molecule has 0 aromatic carbocycles. The Morgan fingerprint density at radius 1 is 1.11 bits per heavy atom. The van der Waals surface area contributed by atoms with Crippen LogP contribution in [-0.2, 0) is 43.6 Å². The second-order valence-electron chi connectivity index (χ2n) is 18.6. The largest absolute Gasteiger partial charge is 0.455 e.